The van der Waals surface area contributed by atoms with Gasteiger partial charge in [-0.25, -0.2) is 5.43 Å². The molecule has 15 heavy (non-hydrogen) atoms. The van der Waals surface area contributed by atoms with Gasteiger partial charge in [0.15, 0.2) is 0 Å². The van der Waals surface area contributed by atoms with Crippen molar-refractivity contribution in [3.63, 3.8) is 0 Å². The SMILES string of the molecule is NNC(c1ccco1)c1ncccc1Cl. The van der Waals surface area contributed by atoms with Gasteiger partial charge >= 0.3 is 0 Å². The molecule has 2 rings (SSSR count). The number of pyridine rings is 1. The van der Waals surface area contributed by atoms with Crippen molar-refractivity contribution in [3.8, 4) is 0 Å². The van der Waals surface area contributed by atoms with E-state index in [-0.39, 0.29) is 6.04 Å². The van der Waals surface area contributed by atoms with Crippen molar-refractivity contribution in [3.05, 3.63) is 53.2 Å². The van der Waals surface area contributed by atoms with E-state index >= 15 is 0 Å². The van der Waals surface area contributed by atoms with Gasteiger partial charge in [0, 0.05) is 6.20 Å². The maximum Gasteiger partial charge on any atom is 0.128 e. The molecule has 0 bridgehead atoms. The average molecular weight is 224 g/mol. The van der Waals surface area contributed by atoms with Crippen LogP contribution in [0.25, 0.3) is 0 Å². The number of nitrogens with two attached hydrogens (primary N) is 1. The Labute approximate surface area is 92.0 Å². The van der Waals surface area contributed by atoms with Crippen LogP contribution in [0, 0.1) is 0 Å². The molecule has 0 spiro atoms. The first-order valence-corrected chi connectivity index (χ1v) is 4.80. The zero-order valence-electron chi connectivity index (χ0n) is 7.85. The molecule has 0 fully saturated rings. The molecule has 0 saturated heterocycles. The molecule has 2 heterocycles. The Bertz CT molecular complexity index is 430. The van der Waals surface area contributed by atoms with E-state index in [1.807, 2.05) is 6.07 Å². The largest absolute Gasteiger partial charge is 0.467 e. The highest BCUT2D eigenvalue weighted by Crippen LogP contribution is 2.25. The van der Waals surface area contributed by atoms with Crippen LogP contribution in [0.3, 0.4) is 0 Å². The van der Waals surface area contributed by atoms with Gasteiger partial charge in [0.2, 0.25) is 0 Å². The molecule has 0 aliphatic heterocycles. The van der Waals surface area contributed by atoms with E-state index < -0.39 is 0 Å². The summed E-state index contributed by atoms with van der Waals surface area (Å²) < 4.78 is 5.25. The molecule has 3 N–H and O–H groups in total. The first kappa shape index (κ1) is 10.2. The fourth-order valence-corrected chi connectivity index (χ4v) is 1.59. The minimum absolute atomic E-state index is 0.325. The maximum absolute atomic E-state index is 6.01. The Kier molecular flexibility index (Phi) is 3.01. The Balaban J connectivity index is 2.40. The lowest BCUT2D eigenvalue weighted by atomic mass is 10.1. The summed E-state index contributed by atoms with van der Waals surface area (Å²) in [7, 11) is 0. The summed E-state index contributed by atoms with van der Waals surface area (Å²) in [4.78, 5) is 4.17. The van der Waals surface area contributed by atoms with Crippen molar-refractivity contribution in [1.82, 2.24) is 10.4 Å². The lowest BCUT2D eigenvalue weighted by molar-refractivity contribution is 0.447. The molecule has 1 unspecified atom stereocenters. The van der Waals surface area contributed by atoms with Gasteiger partial charge in [-0.1, -0.05) is 11.6 Å². The molecule has 78 valence electrons. The average Bonchev–Trinajstić information content (AvgIpc) is 2.75. The van der Waals surface area contributed by atoms with E-state index in [9.17, 15) is 0 Å². The molecular weight excluding hydrogens is 214 g/mol. The van der Waals surface area contributed by atoms with Crippen LogP contribution in [0.4, 0.5) is 0 Å². The summed E-state index contributed by atoms with van der Waals surface area (Å²) >= 11 is 6.01. The van der Waals surface area contributed by atoms with Crippen molar-refractivity contribution < 1.29 is 4.42 Å². The maximum atomic E-state index is 6.01. The lowest BCUT2D eigenvalue weighted by Crippen LogP contribution is -2.29. The number of hydrogen-bond donors (Lipinski definition) is 2. The molecule has 1 atom stereocenters. The molecule has 0 aromatic carbocycles. The van der Waals surface area contributed by atoms with Crippen molar-refractivity contribution in [2.45, 2.75) is 6.04 Å². The van der Waals surface area contributed by atoms with Gasteiger partial charge in [0.05, 0.1) is 17.0 Å². The standard InChI is InChI=1S/C10H10ClN3O/c11-7-3-1-5-13-9(7)10(14-12)8-4-2-6-15-8/h1-6,10,14H,12H2. The van der Waals surface area contributed by atoms with Crippen molar-refractivity contribution in [2.75, 3.05) is 0 Å². The summed E-state index contributed by atoms with van der Waals surface area (Å²) in [6, 6.07) is 6.80. The highest BCUT2D eigenvalue weighted by Gasteiger charge is 2.18. The van der Waals surface area contributed by atoms with Crippen LogP contribution in [-0.4, -0.2) is 4.98 Å². The van der Waals surface area contributed by atoms with Gasteiger partial charge in [0.1, 0.15) is 11.8 Å². The second-order valence-electron chi connectivity index (χ2n) is 2.99. The van der Waals surface area contributed by atoms with Crippen LogP contribution in [0.15, 0.2) is 41.1 Å². The number of furan rings is 1. The quantitative estimate of drug-likeness (QED) is 0.616. The molecule has 0 saturated carbocycles. The molecule has 0 aliphatic carbocycles. The fraction of sp³-hybridized carbons (Fsp3) is 0.100. The normalized spacial score (nSPS) is 12.7. The van der Waals surface area contributed by atoms with Crippen molar-refractivity contribution in [2.24, 2.45) is 5.84 Å². The molecular formula is C10H10ClN3O. The zero-order chi connectivity index (χ0) is 10.7. The Hall–Kier alpha value is -1.36. The van der Waals surface area contributed by atoms with Gasteiger partial charge in [-0.05, 0) is 24.3 Å². The van der Waals surface area contributed by atoms with Gasteiger partial charge in [0.25, 0.3) is 0 Å². The Morgan fingerprint density at radius 2 is 2.27 bits per heavy atom. The van der Waals surface area contributed by atoms with E-state index in [4.69, 9.17) is 21.9 Å². The number of nitrogens with one attached hydrogen (secondary N) is 1. The minimum atomic E-state index is -0.325. The first-order valence-electron chi connectivity index (χ1n) is 4.43. The summed E-state index contributed by atoms with van der Waals surface area (Å²) in [5.41, 5.74) is 3.27. The zero-order valence-corrected chi connectivity index (χ0v) is 8.61. The summed E-state index contributed by atoms with van der Waals surface area (Å²) in [5.74, 6) is 6.14. The molecule has 2 aromatic rings. The van der Waals surface area contributed by atoms with Crippen molar-refractivity contribution in [1.29, 1.82) is 0 Å². The second kappa shape index (κ2) is 4.44. The van der Waals surface area contributed by atoms with Crippen LogP contribution < -0.4 is 11.3 Å². The summed E-state index contributed by atoms with van der Waals surface area (Å²) in [6.45, 7) is 0. The van der Waals surface area contributed by atoms with Crippen LogP contribution >= 0.6 is 11.6 Å². The van der Waals surface area contributed by atoms with E-state index in [0.717, 1.165) is 0 Å². The Morgan fingerprint density at radius 1 is 1.40 bits per heavy atom. The third kappa shape index (κ3) is 2.02. The third-order valence-corrected chi connectivity index (χ3v) is 2.37. The van der Waals surface area contributed by atoms with E-state index in [2.05, 4.69) is 10.4 Å². The molecule has 5 heteroatoms. The number of nitrogens with zero attached hydrogens (tertiary/aromatic N) is 1. The molecule has 0 amide bonds. The van der Waals surface area contributed by atoms with E-state index in [1.165, 1.54) is 0 Å². The van der Waals surface area contributed by atoms with Crippen LogP contribution in [0.2, 0.25) is 5.02 Å². The van der Waals surface area contributed by atoms with E-state index in [0.29, 0.717) is 16.5 Å². The number of rotatable bonds is 3. The molecule has 0 aliphatic rings. The highest BCUT2D eigenvalue weighted by molar-refractivity contribution is 6.31. The Morgan fingerprint density at radius 3 is 2.87 bits per heavy atom. The molecule has 0 radical (unpaired) electrons. The minimum Gasteiger partial charge on any atom is -0.467 e. The van der Waals surface area contributed by atoms with Gasteiger partial charge in [-0.15, -0.1) is 0 Å². The molecule has 4 nitrogen and oxygen atoms in total. The van der Waals surface area contributed by atoms with Crippen molar-refractivity contribution >= 4 is 11.6 Å². The second-order valence-corrected chi connectivity index (χ2v) is 3.39. The monoisotopic (exact) mass is 223 g/mol. The van der Waals surface area contributed by atoms with Gasteiger partial charge < -0.3 is 4.42 Å². The highest BCUT2D eigenvalue weighted by atomic mass is 35.5. The number of hydrogen-bond acceptors (Lipinski definition) is 4. The summed E-state index contributed by atoms with van der Waals surface area (Å²) in [5, 5.41) is 0.553. The van der Waals surface area contributed by atoms with Gasteiger partial charge in [-0.3, -0.25) is 10.8 Å². The third-order valence-electron chi connectivity index (χ3n) is 2.05. The number of aromatic nitrogens is 1. The predicted octanol–water partition coefficient (Wildman–Crippen LogP) is 1.88. The van der Waals surface area contributed by atoms with Crippen LogP contribution in [-0.2, 0) is 0 Å². The topological polar surface area (TPSA) is 64.1 Å². The number of halogens is 1. The van der Waals surface area contributed by atoms with E-state index in [1.54, 1.807) is 30.7 Å². The number of hydrazine groups is 1. The van der Waals surface area contributed by atoms with Crippen LogP contribution in [0.1, 0.15) is 17.5 Å². The molecule has 2 aromatic heterocycles. The summed E-state index contributed by atoms with van der Waals surface area (Å²) in [6.07, 6.45) is 3.24. The first-order chi connectivity index (χ1) is 7.33. The predicted molar refractivity (Wildman–Crippen MR) is 57.1 cm³/mol. The smallest absolute Gasteiger partial charge is 0.128 e. The fourth-order valence-electron chi connectivity index (χ4n) is 1.36. The van der Waals surface area contributed by atoms with Crippen LogP contribution in [0.5, 0.6) is 0 Å². The van der Waals surface area contributed by atoms with Gasteiger partial charge in [-0.2, -0.15) is 0 Å². The lowest BCUT2D eigenvalue weighted by Gasteiger charge is -2.13.